The monoisotopic (exact) mass is 231 g/mol. The highest BCUT2D eigenvalue weighted by Gasteiger charge is 2.41. The van der Waals surface area contributed by atoms with Crippen LogP contribution in [-0.2, 0) is 9.53 Å². The van der Waals surface area contributed by atoms with Gasteiger partial charge in [-0.1, -0.05) is 0 Å². The van der Waals surface area contributed by atoms with E-state index in [2.05, 4.69) is 0 Å². The van der Waals surface area contributed by atoms with Crippen LogP contribution in [0.2, 0.25) is 0 Å². The fourth-order valence-electron chi connectivity index (χ4n) is 2.33. The maximum absolute atomic E-state index is 12.2. The molecule has 2 rings (SSSR count). The van der Waals surface area contributed by atoms with Crippen molar-refractivity contribution in [1.29, 1.82) is 0 Å². The first-order valence-electron chi connectivity index (χ1n) is 5.69. The molecular weight excluding hydrogens is 214 g/mol. The van der Waals surface area contributed by atoms with E-state index in [4.69, 9.17) is 16.3 Å². The molecule has 0 saturated carbocycles. The van der Waals surface area contributed by atoms with Gasteiger partial charge in [-0.3, -0.25) is 4.79 Å². The van der Waals surface area contributed by atoms with Crippen LogP contribution < -0.4 is 0 Å². The summed E-state index contributed by atoms with van der Waals surface area (Å²) in [6.45, 7) is 4.20. The molecule has 4 heteroatoms. The molecule has 0 aromatic heterocycles. The first-order chi connectivity index (χ1) is 7.12. The third-order valence-electron chi connectivity index (χ3n) is 3.38. The number of nitrogens with zero attached hydrogens (tertiary/aromatic N) is 1. The van der Waals surface area contributed by atoms with Crippen molar-refractivity contribution in [2.75, 3.05) is 19.7 Å². The summed E-state index contributed by atoms with van der Waals surface area (Å²) in [7, 11) is 0. The van der Waals surface area contributed by atoms with Crippen LogP contribution in [0.3, 0.4) is 0 Å². The predicted molar refractivity (Wildman–Crippen MR) is 59.0 cm³/mol. The lowest BCUT2D eigenvalue weighted by Crippen LogP contribution is -2.49. The number of hydrogen-bond donors (Lipinski definition) is 0. The lowest BCUT2D eigenvalue weighted by molar-refractivity contribution is -0.151. The van der Waals surface area contributed by atoms with Crippen molar-refractivity contribution in [3.05, 3.63) is 0 Å². The maximum atomic E-state index is 12.2. The SMILES string of the molecule is CC1(C(=O)N2CCC(Cl)CC2)CCCO1. The van der Waals surface area contributed by atoms with Crippen LogP contribution in [0.25, 0.3) is 0 Å². The Labute approximate surface area is 95.7 Å². The molecule has 0 N–H and O–H groups in total. The number of carbonyl (C=O) groups excluding carboxylic acids is 1. The van der Waals surface area contributed by atoms with E-state index in [1.807, 2.05) is 11.8 Å². The molecular formula is C11H18ClNO2. The fraction of sp³-hybridized carbons (Fsp3) is 0.909. The van der Waals surface area contributed by atoms with Crippen molar-refractivity contribution in [2.24, 2.45) is 0 Å². The van der Waals surface area contributed by atoms with E-state index in [1.54, 1.807) is 0 Å². The minimum atomic E-state index is -0.556. The van der Waals surface area contributed by atoms with E-state index in [0.29, 0.717) is 6.61 Å². The molecule has 2 saturated heterocycles. The van der Waals surface area contributed by atoms with Gasteiger partial charge in [-0.2, -0.15) is 0 Å². The maximum Gasteiger partial charge on any atom is 0.254 e. The minimum absolute atomic E-state index is 0.156. The van der Waals surface area contributed by atoms with Gasteiger partial charge in [0.05, 0.1) is 0 Å². The third-order valence-corrected chi connectivity index (χ3v) is 3.82. The Kier molecular flexibility index (Phi) is 3.21. The van der Waals surface area contributed by atoms with Gasteiger partial charge in [0, 0.05) is 25.1 Å². The first kappa shape index (κ1) is 11.2. The minimum Gasteiger partial charge on any atom is -0.365 e. The van der Waals surface area contributed by atoms with Crippen LogP contribution in [0, 0.1) is 0 Å². The highest BCUT2D eigenvalue weighted by atomic mass is 35.5. The summed E-state index contributed by atoms with van der Waals surface area (Å²) >= 11 is 6.01. The molecule has 2 heterocycles. The summed E-state index contributed by atoms with van der Waals surface area (Å²) in [6.07, 6.45) is 3.66. The number of halogens is 1. The smallest absolute Gasteiger partial charge is 0.254 e. The summed E-state index contributed by atoms with van der Waals surface area (Å²) in [5, 5.41) is 0.242. The van der Waals surface area contributed by atoms with Crippen molar-refractivity contribution >= 4 is 17.5 Å². The molecule has 15 heavy (non-hydrogen) atoms. The van der Waals surface area contributed by atoms with Crippen molar-refractivity contribution in [3.8, 4) is 0 Å². The van der Waals surface area contributed by atoms with Gasteiger partial charge in [0.25, 0.3) is 5.91 Å². The van der Waals surface area contributed by atoms with Crippen molar-refractivity contribution < 1.29 is 9.53 Å². The van der Waals surface area contributed by atoms with E-state index in [0.717, 1.165) is 38.8 Å². The van der Waals surface area contributed by atoms with Crippen molar-refractivity contribution in [2.45, 2.75) is 43.6 Å². The molecule has 2 aliphatic heterocycles. The number of likely N-dealkylation sites (tertiary alicyclic amines) is 1. The lowest BCUT2D eigenvalue weighted by atomic mass is 9.99. The number of alkyl halides is 1. The van der Waals surface area contributed by atoms with Gasteiger partial charge in [-0.05, 0) is 32.6 Å². The quantitative estimate of drug-likeness (QED) is 0.644. The Morgan fingerprint density at radius 2 is 2.13 bits per heavy atom. The summed E-state index contributed by atoms with van der Waals surface area (Å²) in [6, 6.07) is 0. The summed E-state index contributed by atoms with van der Waals surface area (Å²) in [5.74, 6) is 0.156. The van der Waals surface area contributed by atoms with Gasteiger partial charge >= 0.3 is 0 Å². The van der Waals surface area contributed by atoms with Crippen LogP contribution in [0.5, 0.6) is 0 Å². The van der Waals surface area contributed by atoms with E-state index >= 15 is 0 Å². The molecule has 1 atom stereocenters. The van der Waals surface area contributed by atoms with Gasteiger partial charge in [-0.25, -0.2) is 0 Å². The molecule has 86 valence electrons. The Hall–Kier alpha value is -0.280. The van der Waals surface area contributed by atoms with E-state index < -0.39 is 5.60 Å². The fourth-order valence-corrected chi connectivity index (χ4v) is 2.53. The van der Waals surface area contributed by atoms with Crippen LogP contribution in [0.1, 0.15) is 32.6 Å². The molecule has 0 aromatic carbocycles. The molecule has 0 spiro atoms. The average Bonchev–Trinajstić information content (AvgIpc) is 2.67. The highest BCUT2D eigenvalue weighted by Crippen LogP contribution is 2.28. The summed E-state index contributed by atoms with van der Waals surface area (Å²) in [4.78, 5) is 14.1. The lowest BCUT2D eigenvalue weighted by Gasteiger charge is -2.34. The Morgan fingerprint density at radius 3 is 2.67 bits per heavy atom. The molecule has 0 aromatic rings. The Bertz CT molecular complexity index is 243. The topological polar surface area (TPSA) is 29.5 Å². The van der Waals surface area contributed by atoms with Crippen LogP contribution in [0.4, 0.5) is 0 Å². The number of amides is 1. The summed E-state index contributed by atoms with van der Waals surface area (Å²) in [5.41, 5.74) is -0.556. The number of piperidine rings is 1. The van der Waals surface area contributed by atoms with Crippen LogP contribution >= 0.6 is 11.6 Å². The second-order valence-electron chi connectivity index (χ2n) is 4.65. The Morgan fingerprint density at radius 1 is 1.47 bits per heavy atom. The zero-order valence-electron chi connectivity index (χ0n) is 9.17. The van der Waals surface area contributed by atoms with Gasteiger partial charge in [0.15, 0.2) is 0 Å². The first-order valence-corrected chi connectivity index (χ1v) is 6.13. The summed E-state index contributed by atoms with van der Waals surface area (Å²) < 4.78 is 5.56. The number of ether oxygens (including phenoxy) is 1. The Balaban J connectivity index is 1.95. The van der Waals surface area contributed by atoms with E-state index in [-0.39, 0.29) is 11.3 Å². The molecule has 0 bridgehead atoms. The molecule has 2 aliphatic rings. The second-order valence-corrected chi connectivity index (χ2v) is 5.27. The molecule has 3 nitrogen and oxygen atoms in total. The number of rotatable bonds is 1. The normalized spacial score (nSPS) is 33.3. The van der Waals surface area contributed by atoms with Gasteiger partial charge < -0.3 is 9.64 Å². The van der Waals surface area contributed by atoms with Crippen LogP contribution in [0.15, 0.2) is 0 Å². The molecule has 1 amide bonds. The van der Waals surface area contributed by atoms with Crippen molar-refractivity contribution in [3.63, 3.8) is 0 Å². The van der Waals surface area contributed by atoms with E-state index in [1.165, 1.54) is 0 Å². The third kappa shape index (κ3) is 2.28. The average molecular weight is 232 g/mol. The standard InChI is InChI=1S/C11H18ClNO2/c1-11(5-2-8-15-11)10(14)13-6-3-9(12)4-7-13/h9H,2-8H2,1H3. The second kappa shape index (κ2) is 4.30. The molecule has 0 radical (unpaired) electrons. The number of hydrogen-bond acceptors (Lipinski definition) is 2. The largest absolute Gasteiger partial charge is 0.365 e. The molecule has 2 fully saturated rings. The van der Waals surface area contributed by atoms with Gasteiger partial charge in [0.2, 0.25) is 0 Å². The molecule has 1 unspecified atom stereocenters. The predicted octanol–water partition coefficient (Wildman–Crippen LogP) is 1.79. The van der Waals surface area contributed by atoms with Crippen molar-refractivity contribution in [1.82, 2.24) is 4.90 Å². The highest BCUT2D eigenvalue weighted by molar-refractivity contribution is 6.20. The van der Waals surface area contributed by atoms with Gasteiger partial charge in [0.1, 0.15) is 5.60 Å². The zero-order chi connectivity index (χ0) is 10.9. The van der Waals surface area contributed by atoms with E-state index in [9.17, 15) is 4.79 Å². The number of carbonyl (C=O) groups is 1. The van der Waals surface area contributed by atoms with Crippen LogP contribution in [-0.4, -0.2) is 41.5 Å². The van der Waals surface area contributed by atoms with Gasteiger partial charge in [-0.15, -0.1) is 11.6 Å². The zero-order valence-corrected chi connectivity index (χ0v) is 9.92. The molecule has 0 aliphatic carbocycles.